The fraction of sp³-hybridized carbons (Fsp3) is 0.562. The van der Waals surface area contributed by atoms with E-state index in [1.54, 1.807) is 12.0 Å². The highest BCUT2D eigenvalue weighted by molar-refractivity contribution is 5.69. The van der Waals surface area contributed by atoms with Crippen LogP contribution in [0, 0.1) is 0 Å². The van der Waals surface area contributed by atoms with E-state index in [2.05, 4.69) is 12.1 Å². The van der Waals surface area contributed by atoms with E-state index >= 15 is 0 Å². The van der Waals surface area contributed by atoms with E-state index in [4.69, 9.17) is 9.47 Å². The van der Waals surface area contributed by atoms with Crippen molar-refractivity contribution in [2.45, 2.75) is 45.4 Å². The molecule has 4 heteroatoms. The average molecular weight is 277 g/mol. The van der Waals surface area contributed by atoms with Crippen LogP contribution in [0.15, 0.2) is 24.3 Å². The van der Waals surface area contributed by atoms with Gasteiger partial charge in [-0.25, -0.2) is 4.79 Å². The number of carbonyl (C=O) groups is 1. The lowest BCUT2D eigenvalue weighted by Crippen LogP contribution is -2.48. The molecule has 110 valence electrons. The van der Waals surface area contributed by atoms with Crippen molar-refractivity contribution in [3.8, 4) is 0 Å². The first kappa shape index (κ1) is 14.9. The van der Waals surface area contributed by atoms with Crippen LogP contribution in [-0.2, 0) is 22.4 Å². The zero-order chi connectivity index (χ0) is 14.8. The molecule has 0 radical (unpaired) electrons. The molecule has 0 saturated heterocycles. The maximum atomic E-state index is 12.4. The molecule has 1 aromatic rings. The van der Waals surface area contributed by atoms with Gasteiger partial charge in [0, 0.05) is 13.7 Å². The zero-order valence-corrected chi connectivity index (χ0v) is 12.7. The molecule has 1 atom stereocenters. The van der Waals surface area contributed by atoms with Gasteiger partial charge in [0.15, 0.2) is 0 Å². The Morgan fingerprint density at radius 3 is 2.55 bits per heavy atom. The number of benzene rings is 1. The summed E-state index contributed by atoms with van der Waals surface area (Å²) in [6, 6.07) is 8.25. The summed E-state index contributed by atoms with van der Waals surface area (Å²) in [5, 5.41) is 0. The minimum atomic E-state index is -0.480. The highest BCUT2D eigenvalue weighted by atomic mass is 16.6. The molecule has 1 amide bonds. The predicted octanol–water partition coefficient (Wildman–Crippen LogP) is 2.99. The van der Waals surface area contributed by atoms with E-state index in [-0.39, 0.29) is 12.1 Å². The maximum absolute atomic E-state index is 12.4. The highest BCUT2D eigenvalue weighted by Gasteiger charge is 2.32. The molecule has 0 N–H and O–H groups in total. The van der Waals surface area contributed by atoms with Gasteiger partial charge in [0.1, 0.15) is 5.60 Å². The third kappa shape index (κ3) is 3.51. The highest BCUT2D eigenvalue weighted by Crippen LogP contribution is 2.25. The molecule has 0 aliphatic carbocycles. The summed E-state index contributed by atoms with van der Waals surface area (Å²) in [6.07, 6.45) is 0.539. The van der Waals surface area contributed by atoms with E-state index in [9.17, 15) is 4.79 Å². The summed E-state index contributed by atoms with van der Waals surface area (Å²) in [5.74, 6) is 0. The second kappa shape index (κ2) is 5.83. The monoisotopic (exact) mass is 277 g/mol. The molecule has 1 aliphatic rings. The number of ether oxygens (including phenoxy) is 2. The van der Waals surface area contributed by atoms with Crippen molar-refractivity contribution >= 4 is 6.09 Å². The van der Waals surface area contributed by atoms with Crippen molar-refractivity contribution in [3.05, 3.63) is 35.4 Å². The van der Waals surface area contributed by atoms with Crippen molar-refractivity contribution in [1.29, 1.82) is 0 Å². The van der Waals surface area contributed by atoms with Crippen molar-refractivity contribution in [2.75, 3.05) is 13.7 Å². The van der Waals surface area contributed by atoms with Crippen molar-refractivity contribution in [3.63, 3.8) is 0 Å². The first-order valence-electron chi connectivity index (χ1n) is 6.96. The van der Waals surface area contributed by atoms with E-state index in [1.165, 1.54) is 11.1 Å². The molecule has 20 heavy (non-hydrogen) atoms. The fourth-order valence-electron chi connectivity index (χ4n) is 2.46. The number of fused-ring (bicyclic) bond motifs is 1. The number of hydrogen-bond donors (Lipinski definition) is 0. The number of amides is 1. The Labute approximate surface area is 120 Å². The minimum absolute atomic E-state index is 0.0322. The Morgan fingerprint density at radius 2 is 1.95 bits per heavy atom. The van der Waals surface area contributed by atoms with Gasteiger partial charge in [-0.2, -0.15) is 0 Å². The Kier molecular flexibility index (Phi) is 4.33. The number of methoxy groups -OCH3 is 1. The van der Waals surface area contributed by atoms with E-state index in [1.807, 2.05) is 32.9 Å². The van der Waals surface area contributed by atoms with Gasteiger partial charge in [-0.3, -0.25) is 4.90 Å². The number of carbonyl (C=O) groups excluding carboxylic acids is 1. The Bertz CT molecular complexity index is 479. The van der Waals surface area contributed by atoms with Gasteiger partial charge in [-0.05, 0) is 38.3 Å². The summed E-state index contributed by atoms with van der Waals surface area (Å²) in [4.78, 5) is 14.1. The molecule has 0 bridgehead atoms. The van der Waals surface area contributed by atoms with Crippen molar-refractivity contribution in [1.82, 2.24) is 4.90 Å². The van der Waals surface area contributed by atoms with Gasteiger partial charge in [-0.1, -0.05) is 24.3 Å². The topological polar surface area (TPSA) is 38.8 Å². The van der Waals surface area contributed by atoms with Crippen LogP contribution >= 0.6 is 0 Å². The lowest BCUT2D eigenvalue weighted by atomic mass is 9.95. The first-order valence-corrected chi connectivity index (χ1v) is 6.96. The number of rotatable bonds is 2. The van der Waals surface area contributed by atoms with Gasteiger partial charge < -0.3 is 9.47 Å². The number of nitrogens with zero attached hydrogens (tertiary/aromatic N) is 1. The standard InChI is InChI=1S/C16H23NO3/c1-16(2,3)20-15(18)17-10-13-8-6-5-7-12(13)9-14(17)11-19-4/h5-8,14H,9-11H2,1-4H3/t14-/m0/s1. The molecule has 0 spiro atoms. The molecule has 0 aromatic heterocycles. The Hall–Kier alpha value is -1.55. The van der Waals surface area contributed by atoms with E-state index in [0.29, 0.717) is 13.2 Å². The second-order valence-corrected chi connectivity index (χ2v) is 6.19. The van der Waals surface area contributed by atoms with Crippen molar-refractivity contribution < 1.29 is 14.3 Å². The normalized spacial score (nSPS) is 18.6. The third-order valence-electron chi connectivity index (χ3n) is 3.34. The Morgan fingerprint density at radius 1 is 1.30 bits per heavy atom. The third-order valence-corrected chi connectivity index (χ3v) is 3.34. The van der Waals surface area contributed by atoms with Gasteiger partial charge in [-0.15, -0.1) is 0 Å². The van der Waals surface area contributed by atoms with Crippen LogP contribution in [0.25, 0.3) is 0 Å². The number of hydrogen-bond acceptors (Lipinski definition) is 3. The molecular formula is C16H23NO3. The minimum Gasteiger partial charge on any atom is -0.444 e. The van der Waals surface area contributed by atoms with Crippen LogP contribution in [0.2, 0.25) is 0 Å². The van der Waals surface area contributed by atoms with Crippen LogP contribution in [0.4, 0.5) is 4.79 Å². The summed E-state index contributed by atoms with van der Waals surface area (Å²) in [6.45, 7) is 6.75. The summed E-state index contributed by atoms with van der Waals surface area (Å²) in [5.41, 5.74) is 1.99. The van der Waals surface area contributed by atoms with Crippen molar-refractivity contribution in [2.24, 2.45) is 0 Å². The van der Waals surface area contributed by atoms with Gasteiger partial charge in [0.05, 0.1) is 12.6 Å². The molecule has 0 saturated carbocycles. The van der Waals surface area contributed by atoms with Crippen LogP contribution in [0.5, 0.6) is 0 Å². The van der Waals surface area contributed by atoms with Crippen LogP contribution in [-0.4, -0.2) is 36.4 Å². The molecule has 1 aliphatic heterocycles. The molecular weight excluding hydrogens is 254 g/mol. The van der Waals surface area contributed by atoms with Crippen LogP contribution < -0.4 is 0 Å². The van der Waals surface area contributed by atoms with Crippen LogP contribution in [0.1, 0.15) is 31.9 Å². The van der Waals surface area contributed by atoms with Gasteiger partial charge >= 0.3 is 6.09 Å². The quantitative estimate of drug-likeness (QED) is 0.834. The van der Waals surface area contributed by atoms with E-state index < -0.39 is 5.60 Å². The molecule has 1 aromatic carbocycles. The molecule has 0 fully saturated rings. The summed E-state index contributed by atoms with van der Waals surface area (Å²) >= 11 is 0. The summed E-state index contributed by atoms with van der Waals surface area (Å²) < 4.78 is 10.8. The van der Waals surface area contributed by atoms with Crippen LogP contribution in [0.3, 0.4) is 0 Å². The Balaban J connectivity index is 2.19. The maximum Gasteiger partial charge on any atom is 0.410 e. The largest absolute Gasteiger partial charge is 0.444 e. The smallest absolute Gasteiger partial charge is 0.410 e. The molecule has 0 unspecified atom stereocenters. The zero-order valence-electron chi connectivity index (χ0n) is 12.7. The second-order valence-electron chi connectivity index (χ2n) is 6.19. The van der Waals surface area contributed by atoms with E-state index in [0.717, 1.165) is 6.42 Å². The molecule has 4 nitrogen and oxygen atoms in total. The lowest BCUT2D eigenvalue weighted by Gasteiger charge is -2.37. The first-order chi connectivity index (χ1) is 9.40. The van der Waals surface area contributed by atoms with Gasteiger partial charge in [0.25, 0.3) is 0 Å². The SMILES string of the molecule is COC[C@@H]1Cc2ccccc2CN1C(=O)OC(C)(C)C. The predicted molar refractivity (Wildman–Crippen MR) is 77.6 cm³/mol. The lowest BCUT2D eigenvalue weighted by molar-refractivity contribution is 0.000907. The average Bonchev–Trinajstić information content (AvgIpc) is 2.36. The van der Waals surface area contributed by atoms with Gasteiger partial charge in [0.2, 0.25) is 0 Å². The molecule has 2 rings (SSSR count). The summed E-state index contributed by atoms with van der Waals surface area (Å²) in [7, 11) is 1.66. The fourth-order valence-corrected chi connectivity index (χ4v) is 2.46. The molecule has 1 heterocycles.